The van der Waals surface area contributed by atoms with Crippen LogP contribution in [0, 0.1) is 0 Å². The highest BCUT2D eigenvalue weighted by atomic mass is 35.5. The Balaban J connectivity index is 1.71. The topological polar surface area (TPSA) is 38.3 Å². The molecular formula is C20H21Cl2NO2. The third kappa shape index (κ3) is 4.47. The number of ether oxygens (including phenoxy) is 1. The van der Waals surface area contributed by atoms with Crippen molar-refractivity contribution in [1.29, 1.82) is 0 Å². The summed E-state index contributed by atoms with van der Waals surface area (Å²) in [5, 5.41) is 3.77. The predicted octanol–water partition coefficient (Wildman–Crippen LogP) is 5.67. The lowest BCUT2D eigenvalue weighted by atomic mass is 9.92. The number of benzene rings is 2. The van der Waals surface area contributed by atoms with Crippen LogP contribution in [0.4, 0.5) is 5.69 Å². The first kappa shape index (κ1) is 18.1. The number of aryl methyl sites for hydroxylation is 2. The quantitative estimate of drug-likeness (QED) is 0.728. The van der Waals surface area contributed by atoms with E-state index in [1.807, 2.05) is 13.0 Å². The van der Waals surface area contributed by atoms with Crippen LogP contribution in [-0.2, 0) is 17.6 Å². The van der Waals surface area contributed by atoms with Gasteiger partial charge in [0, 0.05) is 5.02 Å². The maximum atomic E-state index is 12.6. The highest BCUT2D eigenvalue weighted by Gasteiger charge is 2.20. The van der Waals surface area contributed by atoms with E-state index in [0.29, 0.717) is 22.2 Å². The maximum absolute atomic E-state index is 12.6. The van der Waals surface area contributed by atoms with Gasteiger partial charge in [-0.25, -0.2) is 0 Å². The van der Waals surface area contributed by atoms with Gasteiger partial charge in [-0.15, -0.1) is 0 Å². The molecule has 0 saturated heterocycles. The molecule has 1 N–H and O–H groups in total. The lowest BCUT2D eigenvalue weighted by Crippen LogP contribution is -2.32. The van der Waals surface area contributed by atoms with Crippen molar-refractivity contribution in [3.8, 4) is 5.75 Å². The first-order chi connectivity index (χ1) is 12.1. The Labute approximate surface area is 158 Å². The molecule has 0 bridgehead atoms. The molecule has 2 aromatic rings. The monoisotopic (exact) mass is 377 g/mol. The van der Waals surface area contributed by atoms with Gasteiger partial charge in [0.2, 0.25) is 0 Å². The second-order valence-corrected chi connectivity index (χ2v) is 7.11. The summed E-state index contributed by atoms with van der Waals surface area (Å²) in [4.78, 5) is 12.6. The van der Waals surface area contributed by atoms with E-state index >= 15 is 0 Å². The van der Waals surface area contributed by atoms with Crippen molar-refractivity contribution in [2.24, 2.45) is 0 Å². The molecule has 3 nitrogen and oxygen atoms in total. The van der Waals surface area contributed by atoms with Gasteiger partial charge in [-0.1, -0.05) is 36.2 Å². The summed E-state index contributed by atoms with van der Waals surface area (Å²) >= 11 is 12.1. The second-order valence-electron chi connectivity index (χ2n) is 6.27. The van der Waals surface area contributed by atoms with Gasteiger partial charge >= 0.3 is 0 Å². The van der Waals surface area contributed by atoms with E-state index in [0.717, 1.165) is 18.6 Å². The van der Waals surface area contributed by atoms with Crippen molar-refractivity contribution < 1.29 is 9.53 Å². The highest BCUT2D eigenvalue weighted by Crippen LogP contribution is 2.28. The lowest BCUT2D eigenvalue weighted by molar-refractivity contribution is -0.122. The number of anilines is 1. The first-order valence-electron chi connectivity index (χ1n) is 8.61. The second kappa shape index (κ2) is 8.11. The lowest BCUT2D eigenvalue weighted by Gasteiger charge is -2.20. The van der Waals surface area contributed by atoms with Gasteiger partial charge in [-0.05, 0) is 73.6 Å². The average Bonchev–Trinajstić information content (AvgIpc) is 2.62. The third-order valence-corrected chi connectivity index (χ3v) is 5.01. The van der Waals surface area contributed by atoms with Gasteiger partial charge < -0.3 is 10.1 Å². The standard InChI is InChI=1S/C20H21Cl2NO2/c1-2-19(20(24)23-18-12-15(21)8-10-17(18)22)25-16-9-7-13-5-3-4-6-14(13)11-16/h7-12,19H,2-6H2,1H3,(H,23,24)/t19-/m1/s1. The van der Waals surface area contributed by atoms with Crippen LogP contribution >= 0.6 is 23.2 Å². The molecule has 25 heavy (non-hydrogen) atoms. The fourth-order valence-corrected chi connectivity index (χ4v) is 3.41. The number of hydrogen-bond acceptors (Lipinski definition) is 2. The van der Waals surface area contributed by atoms with Crippen LogP contribution in [0.15, 0.2) is 36.4 Å². The summed E-state index contributed by atoms with van der Waals surface area (Å²) < 4.78 is 5.95. The first-order valence-corrected chi connectivity index (χ1v) is 9.37. The van der Waals surface area contributed by atoms with E-state index in [1.54, 1.807) is 18.2 Å². The van der Waals surface area contributed by atoms with Crippen molar-refractivity contribution in [1.82, 2.24) is 0 Å². The molecule has 3 rings (SSSR count). The number of amides is 1. The van der Waals surface area contributed by atoms with Crippen molar-refractivity contribution in [3.63, 3.8) is 0 Å². The van der Waals surface area contributed by atoms with Gasteiger partial charge in [0.25, 0.3) is 5.91 Å². The largest absolute Gasteiger partial charge is 0.481 e. The molecule has 0 fully saturated rings. The molecule has 1 amide bonds. The van der Waals surface area contributed by atoms with Crippen molar-refractivity contribution in [2.75, 3.05) is 5.32 Å². The SMILES string of the molecule is CC[C@@H](Oc1ccc2c(c1)CCCC2)C(=O)Nc1cc(Cl)ccc1Cl. The number of halogens is 2. The van der Waals surface area contributed by atoms with E-state index in [-0.39, 0.29) is 5.91 Å². The zero-order valence-corrected chi connectivity index (χ0v) is 15.7. The Bertz CT molecular complexity index is 776. The van der Waals surface area contributed by atoms with Crippen LogP contribution in [0.5, 0.6) is 5.75 Å². The fourth-order valence-electron chi connectivity index (χ4n) is 3.08. The van der Waals surface area contributed by atoms with Crippen molar-refractivity contribution >= 4 is 34.8 Å². The molecule has 132 valence electrons. The number of hydrogen-bond donors (Lipinski definition) is 1. The Morgan fingerprint density at radius 2 is 1.88 bits per heavy atom. The summed E-state index contributed by atoms with van der Waals surface area (Å²) in [6.07, 6.45) is 4.63. The maximum Gasteiger partial charge on any atom is 0.265 e. The van der Waals surface area contributed by atoms with Crippen LogP contribution in [0.1, 0.15) is 37.3 Å². The molecule has 0 heterocycles. The van der Waals surface area contributed by atoms with Gasteiger partial charge in [-0.2, -0.15) is 0 Å². The fraction of sp³-hybridized carbons (Fsp3) is 0.350. The molecule has 0 radical (unpaired) electrons. The Morgan fingerprint density at radius 3 is 2.64 bits per heavy atom. The molecule has 0 saturated carbocycles. The van der Waals surface area contributed by atoms with Crippen LogP contribution < -0.4 is 10.1 Å². The van der Waals surface area contributed by atoms with Crippen LogP contribution in [0.25, 0.3) is 0 Å². The molecule has 2 aromatic carbocycles. The summed E-state index contributed by atoms with van der Waals surface area (Å²) in [7, 11) is 0. The van der Waals surface area contributed by atoms with Gasteiger partial charge in [0.1, 0.15) is 5.75 Å². The number of rotatable bonds is 5. The smallest absolute Gasteiger partial charge is 0.265 e. The van der Waals surface area contributed by atoms with Gasteiger partial charge in [0.15, 0.2) is 6.10 Å². The normalized spacial score (nSPS) is 14.5. The van der Waals surface area contributed by atoms with Crippen LogP contribution in [0.2, 0.25) is 10.0 Å². The molecule has 0 unspecified atom stereocenters. The molecule has 1 atom stereocenters. The Kier molecular flexibility index (Phi) is 5.87. The average molecular weight is 378 g/mol. The summed E-state index contributed by atoms with van der Waals surface area (Å²) in [6, 6.07) is 11.1. The zero-order chi connectivity index (χ0) is 17.8. The minimum atomic E-state index is -0.586. The number of carbonyl (C=O) groups excluding carboxylic acids is 1. The molecule has 1 aliphatic rings. The number of nitrogens with one attached hydrogen (secondary N) is 1. The number of fused-ring (bicyclic) bond motifs is 1. The van der Waals surface area contributed by atoms with Crippen LogP contribution in [0.3, 0.4) is 0 Å². The van der Waals surface area contributed by atoms with Gasteiger partial charge in [-0.3, -0.25) is 4.79 Å². The molecule has 5 heteroatoms. The van der Waals surface area contributed by atoms with E-state index in [4.69, 9.17) is 27.9 Å². The predicted molar refractivity (Wildman–Crippen MR) is 103 cm³/mol. The molecular weight excluding hydrogens is 357 g/mol. The van der Waals surface area contributed by atoms with E-state index < -0.39 is 6.10 Å². The van der Waals surface area contributed by atoms with Crippen molar-refractivity contribution in [3.05, 3.63) is 57.6 Å². The van der Waals surface area contributed by atoms with E-state index in [1.165, 1.54) is 24.0 Å². The minimum Gasteiger partial charge on any atom is -0.481 e. The zero-order valence-electron chi connectivity index (χ0n) is 14.1. The summed E-state index contributed by atoms with van der Waals surface area (Å²) in [6.45, 7) is 1.92. The third-order valence-electron chi connectivity index (χ3n) is 4.45. The summed E-state index contributed by atoms with van der Waals surface area (Å²) in [5.74, 6) is 0.504. The van der Waals surface area contributed by atoms with E-state index in [2.05, 4.69) is 17.4 Å². The van der Waals surface area contributed by atoms with Gasteiger partial charge in [0.05, 0.1) is 10.7 Å². The highest BCUT2D eigenvalue weighted by molar-refractivity contribution is 6.35. The minimum absolute atomic E-state index is 0.232. The summed E-state index contributed by atoms with van der Waals surface area (Å²) in [5.41, 5.74) is 3.21. The molecule has 0 spiro atoms. The Morgan fingerprint density at radius 1 is 1.12 bits per heavy atom. The van der Waals surface area contributed by atoms with E-state index in [9.17, 15) is 4.79 Å². The Hall–Kier alpha value is -1.71. The number of carbonyl (C=O) groups is 1. The molecule has 1 aliphatic carbocycles. The molecule has 0 aliphatic heterocycles. The van der Waals surface area contributed by atoms with Crippen molar-refractivity contribution in [2.45, 2.75) is 45.1 Å². The molecule has 0 aromatic heterocycles. The van der Waals surface area contributed by atoms with Crippen LogP contribution in [-0.4, -0.2) is 12.0 Å².